The molecule has 0 saturated carbocycles. The Labute approximate surface area is 146 Å². The molecule has 4 nitrogen and oxygen atoms in total. The Morgan fingerprint density at radius 3 is 2.52 bits per heavy atom. The predicted octanol–water partition coefficient (Wildman–Crippen LogP) is 4.57. The summed E-state index contributed by atoms with van der Waals surface area (Å²) in [5.74, 6) is 1.15. The number of nitrogens with zero attached hydrogens (tertiary/aromatic N) is 2. The van der Waals surface area contributed by atoms with Gasteiger partial charge in [0.05, 0.1) is 5.69 Å². The molecule has 0 fully saturated rings. The Hall–Kier alpha value is -1.62. The molecule has 124 valence electrons. The molecule has 0 aliphatic rings. The van der Waals surface area contributed by atoms with Gasteiger partial charge in [0.15, 0.2) is 6.61 Å². The minimum absolute atomic E-state index is 0.0206. The van der Waals surface area contributed by atoms with Gasteiger partial charge < -0.3 is 4.74 Å². The Morgan fingerprint density at radius 2 is 1.91 bits per heavy atom. The van der Waals surface area contributed by atoms with Gasteiger partial charge in [0.2, 0.25) is 0 Å². The highest BCUT2D eigenvalue weighted by Gasteiger charge is 2.17. The van der Waals surface area contributed by atoms with Crippen LogP contribution in [-0.2, 0) is 6.42 Å². The highest BCUT2D eigenvalue weighted by Crippen LogP contribution is 2.18. The summed E-state index contributed by atoms with van der Waals surface area (Å²) < 4.78 is 8.00. The number of hydrogen-bond acceptors (Lipinski definition) is 3. The number of aromatic nitrogens is 2. The molecule has 1 heterocycles. The second-order valence-corrected chi connectivity index (χ2v) is 7.05. The van der Waals surface area contributed by atoms with Gasteiger partial charge in [-0.2, -0.15) is 5.10 Å². The summed E-state index contributed by atoms with van der Waals surface area (Å²) in [4.78, 5) is 12.4. The molecule has 5 heteroatoms. The van der Waals surface area contributed by atoms with Crippen molar-refractivity contribution in [3.63, 3.8) is 0 Å². The molecular formula is C18H23BrN2O2. The molecule has 0 aliphatic heterocycles. The lowest BCUT2D eigenvalue weighted by molar-refractivity contribution is 0.0818. The maximum Gasteiger partial charge on any atom is 0.284 e. The van der Waals surface area contributed by atoms with E-state index < -0.39 is 0 Å². The summed E-state index contributed by atoms with van der Waals surface area (Å²) in [6, 6.07) is 7.42. The third kappa shape index (κ3) is 4.67. The van der Waals surface area contributed by atoms with Crippen LogP contribution in [0.15, 0.2) is 28.7 Å². The van der Waals surface area contributed by atoms with Crippen molar-refractivity contribution in [2.75, 3.05) is 6.61 Å². The first-order valence-electron chi connectivity index (χ1n) is 7.85. The summed E-state index contributed by atoms with van der Waals surface area (Å²) in [6.45, 7) is 8.29. The van der Waals surface area contributed by atoms with E-state index in [0.29, 0.717) is 11.7 Å². The molecule has 1 aromatic heterocycles. The van der Waals surface area contributed by atoms with E-state index in [1.807, 2.05) is 38.1 Å². The second kappa shape index (κ2) is 7.77. The molecule has 0 bridgehead atoms. The van der Waals surface area contributed by atoms with Crippen LogP contribution in [0, 0.1) is 19.8 Å². The van der Waals surface area contributed by atoms with Crippen molar-refractivity contribution in [3.05, 3.63) is 45.7 Å². The van der Waals surface area contributed by atoms with Crippen LogP contribution in [-0.4, -0.2) is 22.3 Å². The zero-order valence-electron chi connectivity index (χ0n) is 14.1. The van der Waals surface area contributed by atoms with Gasteiger partial charge in [0, 0.05) is 10.2 Å². The SMILES string of the molecule is Cc1nn(C(=O)COc2ccc(Br)cc2)c(C)c1CCC(C)C. The summed E-state index contributed by atoms with van der Waals surface area (Å²) in [5.41, 5.74) is 3.03. The number of carbonyl (C=O) groups excluding carboxylic acids is 1. The van der Waals surface area contributed by atoms with Crippen LogP contribution in [0.2, 0.25) is 0 Å². The van der Waals surface area contributed by atoms with Crippen molar-refractivity contribution in [2.24, 2.45) is 5.92 Å². The third-order valence-electron chi connectivity index (χ3n) is 3.83. The highest BCUT2D eigenvalue weighted by molar-refractivity contribution is 9.10. The van der Waals surface area contributed by atoms with Crippen LogP contribution in [0.4, 0.5) is 0 Å². The van der Waals surface area contributed by atoms with E-state index in [9.17, 15) is 4.79 Å². The number of aryl methyl sites for hydroxylation is 1. The fourth-order valence-corrected chi connectivity index (χ4v) is 2.71. The number of carbonyl (C=O) groups is 1. The molecule has 0 radical (unpaired) electrons. The molecule has 0 N–H and O–H groups in total. The smallest absolute Gasteiger partial charge is 0.284 e. The minimum atomic E-state index is -0.149. The van der Waals surface area contributed by atoms with Gasteiger partial charge in [0.1, 0.15) is 5.75 Å². The van der Waals surface area contributed by atoms with E-state index in [1.165, 1.54) is 10.2 Å². The van der Waals surface area contributed by atoms with Crippen molar-refractivity contribution in [1.29, 1.82) is 0 Å². The Bertz CT molecular complexity index is 675. The molecule has 2 rings (SSSR count). The van der Waals surface area contributed by atoms with Crippen molar-refractivity contribution >= 4 is 21.8 Å². The molecule has 0 aliphatic carbocycles. The number of benzene rings is 1. The lowest BCUT2D eigenvalue weighted by Crippen LogP contribution is -2.21. The van der Waals surface area contributed by atoms with Crippen molar-refractivity contribution < 1.29 is 9.53 Å². The van der Waals surface area contributed by atoms with Crippen LogP contribution < -0.4 is 4.74 Å². The topological polar surface area (TPSA) is 44.1 Å². The quantitative estimate of drug-likeness (QED) is 0.739. The predicted molar refractivity (Wildman–Crippen MR) is 95.1 cm³/mol. The lowest BCUT2D eigenvalue weighted by Gasteiger charge is -2.08. The molecule has 0 amide bonds. The molecule has 0 spiro atoms. The van der Waals surface area contributed by atoms with Gasteiger partial charge in [-0.15, -0.1) is 0 Å². The monoisotopic (exact) mass is 378 g/mol. The first kappa shape index (κ1) is 17.7. The van der Waals surface area contributed by atoms with E-state index in [4.69, 9.17) is 4.74 Å². The van der Waals surface area contributed by atoms with Crippen LogP contribution >= 0.6 is 15.9 Å². The van der Waals surface area contributed by atoms with E-state index in [2.05, 4.69) is 34.9 Å². The summed E-state index contributed by atoms with van der Waals surface area (Å²) in [6.07, 6.45) is 2.05. The average Bonchev–Trinajstić information content (AvgIpc) is 2.79. The molecule has 0 atom stereocenters. The minimum Gasteiger partial charge on any atom is -0.484 e. The number of rotatable bonds is 6. The summed E-state index contributed by atoms with van der Waals surface area (Å²) >= 11 is 3.37. The largest absolute Gasteiger partial charge is 0.484 e. The van der Waals surface area contributed by atoms with E-state index in [1.54, 1.807) is 0 Å². The van der Waals surface area contributed by atoms with Crippen molar-refractivity contribution in [2.45, 2.75) is 40.5 Å². The van der Waals surface area contributed by atoms with Crippen LogP contribution in [0.3, 0.4) is 0 Å². The van der Waals surface area contributed by atoms with Gasteiger partial charge >= 0.3 is 0 Å². The molecule has 1 aromatic carbocycles. The van der Waals surface area contributed by atoms with Gasteiger partial charge in [-0.05, 0) is 62.4 Å². The summed E-state index contributed by atoms with van der Waals surface area (Å²) in [5, 5.41) is 4.39. The zero-order valence-corrected chi connectivity index (χ0v) is 15.7. The summed E-state index contributed by atoms with van der Waals surface area (Å²) in [7, 11) is 0. The van der Waals surface area contributed by atoms with Crippen LogP contribution in [0.25, 0.3) is 0 Å². The highest BCUT2D eigenvalue weighted by atomic mass is 79.9. The van der Waals surface area contributed by atoms with Gasteiger partial charge in [0.25, 0.3) is 5.91 Å². The zero-order chi connectivity index (χ0) is 17.0. The Morgan fingerprint density at radius 1 is 1.26 bits per heavy atom. The molecule has 23 heavy (non-hydrogen) atoms. The third-order valence-corrected chi connectivity index (χ3v) is 4.35. The van der Waals surface area contributed by atoms with Crippen LogP contribution in [0.1, 0.15) is 42.0 Å². The molecule has 0 saturated heterocycles. The maximum absolute atomic E-state index is 12.4. The molecule has 2 aromatic rings. The van der Waals surface area contributed by atoms with Crippen molar-refractivity contribution in [1.82, 2.24) is 9.78 Å². The van der Waals surface area contributed by atoms with Crippen LogP contribution in [0.5, 0.6) is 5.75 Å². The standard InChI is InChI=1S/C18H23BrN2O2/c1-12(2)5-10-17-13(3)20-21(14(17)4)18(22)11-23-16-8-6-15(19)7-9-16/h6-9,12H,5,10-11H2,1-4H3. The van der Waals surface area contributed by atoms with E-state index in [-0.39, 0.29) is 12.5 Å². The average molecular weight is 379 g/mol. The number of ether oxygens (including phenoxy) is 1. The molecule has 0 unspecified atom stereocenters. The van der Waals surface area contributed by atoms with Crippen molar-refractivity contribution in [3.8, 4) is 5.75 Å². The van der Waals surface area contributed by atoms with Gasteiger partial charge in [-0.3, -0.25) is 4.79 Å². The first-order chi connectivity index (χ1) is 10.9. The first-order valence-corrected chi connectivity index (χ1v) is 8.64. The molecular weight excluding hydrogens is 356 g/mol. The lowest BCUT2D eigenvalue weighted by atomic mass is 10.0. The van der Waals surface area contributed by atoms with Gasteiger partial charge in [-0.1, -0.05) is 29.8 Å². The van der Waals surface area contributed by atoms with Gasteiger partial charge in [-0.25, -0.2) is 4.68 Å². The van der Waals surface area contributed by atoms with E-state index in [0.717, 1.165) is 28.7 Å². The second-order valence-electron chi connectivity index (χ2n) is 6.13. The number of halogens is 1. The maximum atomic E-state index is 12.4. The Kier molecular flexibility index (Phi) is 5.99. The Balaban J connectivity index is 2.04. The fourth-order valence-electron chi connectivity index (χ4n) is 2.45. The van der Waals surface area contributed by atoms with E-state index >= 15 is 0 Å². The number of hydrogen-bond donors (Lipinski definition) is 0. The fraction of sp³-hybridized carbons (Fsp3) is 0.444. The normalized spacial score (nSPS) is 11.0.